The summed E-state index contributed by atoms with van der Waals surface area (Å²) in [5.74, 6) is 0. The van der Waals surface area contributed by atoms with Crippen LogP contribution in [0.4, 0.5) is 0 Å². The van der Waals surface area contributed by atoms with Gasteiger partial charge in [0, 0.05) is 16.9 Å². The first kappa shape index (κ1) is 9.78. The summed E-state index contributed by atoms with van der Waals surface area (Å²) in [7, 11) is 0. The van der Waals surface area contributed by atoms with E-state index in [0.29, 0.717) is 0 Å². The van der Waals surface area contributed by atoms with Crippen LogP contribution >= 0.6 is 15.9 Å². The Morgan fingerprint density at radius 1 is 1.14 bits per heavy atom. The quantitative estimate of drug-likeness (QED) is 0.667. The van der Waals surface area contributed by atoms with Crippen molar-refractivity contribution in [3.63, 3.8) is 0 Å². The van der Waals surface area contributed by atoms with E-state index in [9.17, 15) is 0 Å². The Kier molecular flexibility index (Phi) is 2.18. The van der Waals surface area contributed by atoms with Crippen LogP contribution in [0.2, 0.25) is 0 Å². The molecule has 0 atom stereocenters. The minimum Gasteiger partial charge on any atom is -0.322 e. The minimum absolute atomic E-state index is 0.213. The van der Waals surface area contributed by atoms with E-state index in [-0.39, 0.29) is 5.41 Å². The fourth-order valence-corrected chi connectivity index (χ4v) is 1.97. The minimum atomic E-state index is 0.213. The maximum Gasteiger partial charge on any atom is 0.0592 e. The molecule has 14 heavy (non-hydrogen) atoms. The summed E-state index contributed by atoms with van der Waals surface area (Å²) in [6.45, 7) is 6.69. The van der Waals surface area contributed by atoms with E-state index in [0.717, 1.165) is 4.47 Å². The normalized spacial score (nSPS) is 12.3. The van der Waals surface area contributed by atoms with E-state index in [1.807, 2.05) is 0 Å². The van der Waals surface area contributed by atoms with E-state index in [4.69, 9.17) is 0 Å². The smallest absolute Gasteiger partial charge is 0.0592 e. The van der Waals surface area contributed by atoms with Gasteiger partial charge in [-0.2, -0.15) is 0 Å². The second-order valence-electron chi connectivity index (χ2n) is 4.62. The SMILES string of the molecule is CC(C)(C)c1ccc2c(Br)ccn2c1. The second-order valence-corrected chi connectivity index (χ2v) is 5.48. The molecule has 0 saturated heterocycles. The van der Waals surface area contributed by atoms with Crippen molar-refractivity contribution in [2.75, 3.05) is 0 Å². The Balaban J connectivity index is 2.63. The van der Waals surface area contributed by atoms with Gasteiger partial charge in [-0.15, -0.1) is 0 Å². The van der Waals surface area contributed by atoms with E-state index in [1.54, 1.807) is 0 Å². The zero-order valence-electron chi connectivity index (χ0n) is 8.71. The predicted molar refractivity (Wildman–Crippen MR) is 63.8 cm³/mol. The lowest BCUT2D eigenvalue weighted by Crippen LogP contribution is -2.11. The van der Waals surface area contributed by atoms with Crippen LogP contribution in [0.25, 0.3) is 5.52 Å². The van der Waals surface area contributed by atoms with E-state index in [1.165, 1.54) is 11.1 Å². The molecule has 2 rings (SSSR count). The first-order chi connectivity index (χ1) is 6.48. The lowest BCUT2D eigenvalue weighted by atomic mass is 9.88. The number of nitrogens with zero attached hydrogens (tertiary/aromatic N) is 1. The standard InChI is InChI=1S/C12H14BrN/c1-12(2,3)9-4-5-11-10(13)6-7-14(11)8-9/h4-8H,1-3H3. The van der Waals surface area contributed by atoms with Crippen LogP contribution < -0.4 is 0 Å². The molecule has 0 bridgehead atoms. The summed E-state index contributed by atoms with van der Waals surface area (Å²) < 4.78 is 3.31. The zero-order chi connectivity index (χ0) is 10.3. The van der Waals surface area contributed by atoms with E-state index in [2.05, 4.69) is 71.7 Å². The fourth-order valence-electron chi connectivity index (χ4n) is 1.52. The van der Waals surface area contributed by atoms with Crippen LogP contribution in [0.3, 0.4) is 0 Å². The third kappa shape index (κ3) is 1.59. The molecule has 74 valence electrons. The van der Waals surface area contributed by atoms with Gasteiger partial charge in [0.1, 0.15) is 0 Å². The van der Waals surface area contributed by atoms with Gasteiger partial charge >= 0.3 is 0 Å². The Labute approximate surface area is 92.9 Å². The fraction of sp³-hybridized carbons (Fsp3) is 0.333. The van der Waals surface area contributed by atoms with Crippen molar-refractivity contribution in [1.29, 1.82) is 0 Å². The monoisotopic (exact) mass is 251 g/mol. The molecule has 0 fully saturated rings. The van der Waals surface area contributed by atoms with Crippen LogP contribution in [-0.4, -0.2) is 4.40 Å². The van der Waals surface area contributed by atoms with Gasteiger partial charge in [0.25, 0.3) is 0 Å². The molecule has 0 N–H and O–H groups in total. The number of rotatable bonds is 0. The van der Waals surface area contributed by atoms with Crippen molar-refractivity contribution >= 4 is 21.4 Å². The summed E-state index contributed by atoms with van der Waals surface area (Å²) >= 11 is 3.52. The number of pyridine rings is 1. The topological polar surface area (TPSA) is 4.41 Å². The van der Waals surface area contributed by atoms with Crippen LogP contribution in [-0.2, 0) is 5.41 Å². The Hall–Kier alpha value is -0.760. The highest BCUT2D eigenvalue weighted by atomic mass is 79.9. The molecule has 0 aliphatic carbocycles. The van der Waals surface area contributed by atoms with Gasteiger partial charge < -0.3 is 4.40 Å². The van der Waals surface area contributed by atoms with Crippen LogP contribution in [0, 0.1) is 0 Å². The maximum absolute atomic E-state index is 3.52. The molecule has 1 nitrogen and oxygen atoms in total. The zero-order valence-corrected chi connectivity index (χ0v) is 10.3. The first-order valence-corrected chi connectivity index (χ1v) is 5.54. The van der Waals surface area contributed by atoms with Crippen LogP contribution in [0.5, 0.6) is 0 Å². The molecule has 0 unspecified atom stereocenters. The highest BCUT2D eigenvalue weighted by Crippen LogP contribution is 2.25. The van der Waals surface area contributed by atoms with Gasteiger partial charge in [0.2, 0.25) is 0 Å². The molecule has 0 spiro atoms. The van der Waals surface area contributed by atoms with E-state index < -0.39 is 0 Å². The molecule has 0 aliphatic heterocycles. The molecule has 2 aromatic heterocycles. The van der Waals surface area contributed by atoms with Gasteiger partial charge in [-0.3, -0.25) is 0 Å². The summed E-state index contributed by atoms with van der Waals surface area (Å²) in [5.41, 5.74) is 2.79. The average Bonchev–Trinajstić information content (AvgIpc) is 2.46. The number of aromatic nitrogens is 1. The molecule has 0 aliphatic rings. The first-order valence-electron chi connectivity index (χ1n) is 4.75. The van der Waals surface area contributed by atoms with Gasteiger partial charge in [0.15, 0.2) is 0 Å². The third-order valence-corrected chi connectivity index (χ3v) is 3.14. The van der Waals surface area contributed by atoms with Crippen molar-refractivity contribution in [3.05, 3.63) is 40.6 Å². The van der Waals surface area contributed by atoms with E-state index >= 15 is 0 Å². The molecule has 0 aromatic carbocycles. The summed E-state index contributed by atoms with van der Waals surface area (Å²) in [6, 6.07) is 6.42. The largest absolute Gasteiger partial charge is 0.322 e. The number of fused-ring (bicyclic) bond motifs is 1. The maximum atomic E-state index is 3.52. The van der Waals surface area contributed by atoms with Crippen molar-refractivity contribution in [2.45, 2.75) is 26.2 Å². The second kappa shape index (κ2) is 3.13. The van der Waals surface area contributed by atoms with Crippen LogP contribution in [0.15, 0.2) is 35.1 Å². The van der Waals surface area contributed by atoms with Gasteiger partial charge in [-0.05, 0) is 39.0 Å². The van der Waals surface area contributed by atoms with Gasteiger partial charge in [-0.1, -0.05) is 26.8 Å². The lowest BCUT2D eigenvalue weighted by Gasteiger charge is -2.19. The molecule has 2 heterocycles. The Morgan fingerprint density at radius 3 is 2.50 bits per heavy atom. The number of hydrogen-bond acceptors (Lipinski definition) is 0. The van der Waals surface area contributed by atoms with Crippen molar-refractivity contribution < 1.29 is 0 Å². The molecular formula is C12H14BrN. The van der Waals surface area contributed by atoms with Crippen molar-refractivity contribution in [2.24, 2.45) is 0 Å². The third-order valence-electron chi connectivity index (χ3n) is 2.47. The number of halogens is 1. The summed E-state index contributed by atoms with van der Waals surface area (Å²) in [6.07, 6.45) is 4.27. The van der Waals surface area contributed by atoms with Gasteiger partial charge in [-0.25, -0.2) is 0 Å². The van der Waals surface area contributed by atoms with Crippen molar-refractivity contribution in [3.8, 4) is 0 Å². The van der Waals surface area contributed by atoms with Crippen molar-refractivity contribution in [1.82, 2.24) is 4.40 Å². The summed E-state index contributed by atoms with van der Waals surface area (Å²) in [4.78, 5) is 0. The Morgan fingerprint density at radius 2 is 1.86 bits per heavy atom. The average molecular weight is 252 g/mol. The number of hydrogen-bond donors (Lipinski definition) is 0. The molecule has 0 amide bonds. The molecule has 2 aromatic rings. The highest BCUT2D eigenvalue weighted by Gasteiger charge is 2.14. The lowest BCUT2D eigenvalue weighted by molar-refractivity contribution is 0.586. The molecular weight excluding hydrogens is 238 g/mol. The van der Waals surface area contributed by atoms with Crippen LogP contribution in [0.1, 0.15) is 26.3 Å². The molecule has 2 heteroatoms. The molecule has 0 radical (unpaired) electrons. The van der Waals surface area contributed by atoms with Gasteiger partial charge in [0.05, 0.1) is 5.52 Å². The Bertz CT molecular complexity index is 463. The highest BCUT2D eigenvalue weighted by molar-refractivity contribution is 9.10. The molecule has 0 saturated carbocycles. The predicted octanol–water partition coefficient (Wildman–Crippen LogP) is 4.00. The summed E-state index contributed by atoms with van der Waals surface area (Å²) in [5, 5.41) is 0.